The molecular formula is C16H22N2OS. The van der Waals surface area contributed by atoms with Gasteiger partial charge in [-0.3, -0.25) is 4.99 Å². The fourth-order valence-electron chi connectivity index (χ4n) is 2.78. The third-order valence-electron chi connectivity index (χ3n) is 4.05. The first-order chi connectivity index (χ1) is 9.76. The van der Waals surface area contributed by atoms with E-state index in [4.69, 9.17) is 9.73 Å². The Hall–Kier alpha value is -1.00. The van der Waals surface area contributed by atoms with E-state index in [1.807, 2.05) is 11.8 Å². The second kappa shape index (κ2) is 6.19. The molecule has 0 aromatic heterocycles. The number of hydrogen-bond acceptors (Lipinski definition) is 3. The van der Waals surface area contributed by atoms with Crippen LogP contribution in [-0.4, -0.2) is 36.2 Å². The van der Waals surface area contributed by atoms with Crippen LogP contribution in [-0.2, 0) is 11.2 Å². The van der Waals surface area contributed by atoms with E-state index in [1.165, 1.54) is 11.1 Å². The molecule has 0 bridgehead atoms. The van der Waals surface area contributed by atoms with Gasteiger partial charge in [-0.25, -0.2) is 0 Å². The predicted molar refractivity (Wildman–Crippen MR) is 85.6 cm³/mol. The molecule has 1 aromatic carbocycles. The van der Waals surface area contributed by atoms with Crippen molar-refractivity contribution >= 4 is 16.9 Å². The van der Waals surface area contributed by atoms with Crippen LogP contribution in [0.25, 0.3) is 0 Å². The summed E-state index contributed by atoms with van der Waals surface area (Å²) in [6, 6.07) is 8.69. The lowest BCUT2D eigenvalue weighted by Gasteiger charge is -2.32. The van der Waals surface area contributed by atoms with Crippen LogP contribution < -0.4 is 5.32 Å². The first kappa shape index (κ1) is 14.0. The van der Waals surface area contributed by atoms with Gasteiger partial charge in [0.1, 0.15) is 0 Å². The van der Waals surface area contributed by atoms with Crippen LogP contribution in [0.2, 0.25) is 0 Å². The lowest BCUT2D eigenvalue weighted by Crippen LogP contribution is -2.48. The summed E-state index contributed by atoms with van der Waals surface area (Å²) in [4.78, 5) is 4.73. The first-order valence-corrected chi connectivity index (χ1v) is 8.33. The number of amidine groups is 1. The molecule has 108 valence electrons. The van der Waals surface area contributed by atoms with Crippen molar-refractivity contribution in [1.82, 2.24) is 5.32 Å². The Balaban J connectivity index is 1.53. The number of nitrogens with zero attached hydrogens (tertiary/aromatic N) is 1. The van der Waals surface area contributed by atoms with Gasteiger partial charge in [-0.15, -0.1) is 0 Å². The Labute approximate surface area is 125 Å². The highest BCUT2D eigenvalue weighted by molar-refractivity contribution is 8.14. The predicted octanol–water partition coefficient (Wildman–Crippen LogP) is 2.78. The van der Waals surface area contributed by atoms with E-state index >= 15 is 0 Å². The Morgan fingerprint density at radius 1 is 1.35 bits per heavy atom. The Bertz CT molecular complexity index is 495. The maximum Gasteiger partial charge on any atom is 0.157 e. The monoisotopic (exact) mass is 290 g/mol. The molecule has 0 saturated carbocycles. The number of rotatable bonds is 3. The molecule has 0 atom stereocenters. The third kappa shape index (κ3) is 3.36. The van der Waals surface area contributed by atoms with Gasteiger partial charge in [-0.05, 0) is 31.7 Å². The Morgan fingerprint density at radius 3 is 3.00 bits per heavy atom. The van der Waals surface area contributed by atoms with Crippen LogP contribution in [0.1, 0.15) is 24.0 Å². The molecule has 2 aliphatic heterocycles. The average Bonchev–Trinajstić information content (AvgIpc) is 2.83. The van der Waals surface area contributed by atoms with E-state index in [9.17, 15) is 0 Å². The fourth-order valence-corrected chi connectivity index (χ4v) is 4.02. The maximum absolute atomic E-state index is 5.45. The number of aryl methyl sites for hydroxylation is 1. The number of hydrogen-bond donors (Lipinski definition) is 1. The molecule has 0 unspecified atom stereocenters. The molecule has 2 aliphatic rings. The van der Waals surface area contributed by atoms with Gasteiger partial charge >= 0.3 is 0 Å². The Morgan fingerprint density at radius 2 is 2.20 bits per heavy atom. The van der Waals surface area contributed by atoms with Gasteiger partial charge in [-0.1, -0.05) is 41.6 Å². The van der Waals surface area contributed by atoms with Gasteiger partial charge < -0.3 is 10.1 Å². The lowest BCUT2D eigenvalue weighted by atomic mass is 9.93. The first-order valence-electron chi connectivity index (χ1n) is 7.35. The average molecular weight is 290 g/mol. The van der Waals surface area contributed by atoms with Crippen molar-refractivity contribution in [3.63, 3.8) is 0 Å². The minimum atomic E-state index is 0.255. The van der Waals surface area contributed by atoms with E-state index in [-0.39, 0.29) is 5.54 Å². The zero-order valence-electron chi connectivity index (χ0n) is 12.0. The van der Waals surface area contributed by atoms with Crippen molar-refractivity contribution in [3.05, 3.63) is 35.4 Å². The molecule has 3 nitrogen and oxygen atoms in total. The second-order valence-electron chi connectivity index (χ2n) is 5.73. The van der Waals surface area contributed by atoms with Gasteiger partial charge in [0, 0.05) is 25.5 Å². The molecular weight excluding hydrogens is 268 g/mol. The standard InChI is InChI=1S/C16H22N2OS/c1-13-3-2-4-14(11-13)5-8-17-15-18-16(12-20-15)6-9-19-10-7-16/h2-4,11H,5-10,12H2,1H3,(H,17,18). The van der Waals surface area contributed by atoms with Crippen LogP contribution >= 0.6 is 11.8 Å². The number of aliphatic imine (C=N–C) groups is 1. The maximum atomic E-state index is 5.45. The molecule has 4 heteroatoms. The molecule has 0 aliphatic carbocycles. The molecule has 1 N–H and O–H groups in total. The summed E-state index contributed by atoms with van der Waals surface area (Å²) in [7, 11) is 0. The number of nitrogens with one attached hydrogen (secondary N) is 1. The smallest absolute Gasteiger partial charge is 0.157 e. The van der Waals surface area contributed by atoms with Crippen molar-refractivity contribution in [2.75, 3.05) is 25.5 Å². The van der Waals surface area contributed by atoms with Crippen LogP contribution in [0.5, 0.6) is 0 Å². The molecule has 2 saturated heterocycles. The van der Waals surface area contributed by atoms with Gasteiger partial charge in [0.25, 0.3) is 0 Å². The molecule has 1 spiro atoms. The summed E-state index contributed by atoms with van der Waals surface area (Å²) in [5, 5.41) is 4.76. The fraction of sp³-hybridized carbons (Fsp3) is 0.562. The van der Waals surface area contributed by atoms with E-state index in [1.54, 1.807) is 0 Å². The highest BCUT2D eigenvalue weighted by Crippen LogP contribution is 2.31. The summed E-state index contributed by atoms with van der Waals surface area (Å²) in [5.41, 5.74) is 2.95. The zero-order chi connectivity index (χ0) is 13.8. The molecule has 20 heavy (non-hydrogen) atoms. The van der Waals surface area contributed by atoms with E-state index in [2.05, 4.69) is 36.5 Å². The summed E-state index contributed by atoms with van der Waals surface area (Å²) in [6.45, 7) is 4.76. The largest absolute Gasteiger partial charge is 0.381 e. The van der Waals surface area contributed by atoms with Crippen molar-refractivity contribution in [2.24, 2.45) is 4.99 Å². The summed E-state index contributed by atoms with van der Waals surface area (Å²) in [5.74, 6) is 1.14. The van der Waals surface area contributed by atoms with Crippen molar-refractivity contribution in [1.29, 1.82) is 0 Å². The quantitative estimate of drug-likeness (QED) is 0.929. The normalized spacial score (nSPS) is 23.1. The van der Waals surface area contributed by atoms with Crippen LogP contribution in [0.4, 0.5) is 0 Å². The van der Waals surface area contributed by atoms with Crippen molar-refractivity contribution < 1.29 is 4.74 Å². The zero-order valence-corrected chi connectivity index (χ0v) is 12.8. The molecule has 2 heterocycles. The second-order valence-corrected chi connectivity index (χ2v) is 6.70. The lowest BCUT2D eigenvalue weighted by molar-refractivity contribution is 0.0555. The highest BCUT2D eigenvalue weighted by Gasteiger charge is 2.38. The molecule has 1 aromatic rings. The van der Waals surface area contributed by atoms with Gasteiger partial charge in [0.15, 0.2) is 5.17 Å². The van der Waals surface area contributed by atoms with Crippen molar-refractivity contribution in [2.45, 2.75) is 31.7 Å². The summed E-state index contributed by atoms with van der Waals surface area (Å²) >= 11 is 1.87. The highest BCUT2D eigenvalue weighted by atomic mass is 32.2. The Kier molecular flexibility index (Phi) is 4.32. The number of benzene rings is 1. The molecule has 0 radical (unpaired) electrons. The van der Waals surface area contributed by atoms with Gasteiger partial charge in [0.05, 0.1) is 5.54 Å². The molecule has 0 amide bonds. The third-order valence-corrected chi connectivity index (χ3v) is 5.25. The topological polar surface area (TPSA) is 33.6 Å². The minimum Gasteiger partial charge on any atom is -0.381 e. The summed E-state index contributed by atoms with van der Waals surface area (Å²) < 4.78 is 5.45. The summed E-state index contributed by atoms with van der Waals surface area (Å²) in [6.07, 6.45) is 3.23. The van der Waals surface area contributed by atoms with Gasteiger partial charge in [0.2, 0.25) is 0 Å². The van der Waals surface area contributed by atoms with Crippen LogP contribution in [0, 0.1) is 6.92 Å². The van der Waals surface area contributed by atoms with Crippen molar-refractivity contribution in [3.8, 4) is 0 Å². The van der Waals surface area contributed by atoms with Crippen LogP contribution in [0.15, 0.2) is 29.3 Å². The number of ether oxygens (including phenoxy) is 1. The van der Waals surface area contributed by atoms with E-state index in [0.717, 1.165) is 49.9 Å². The molecule has 2 fully saturated rings. The molecule has 3 rings (SSSR count). The van der Waals surface area contributed by atoms with E-state index in [0.29, 0.717) is 0 Å². The van der Waals surface area contributed by atoms with Gasteiger partial charge in [-0.2, -0.15) is 0 Å². The minimum absolute atomic E-state index is 0.255. The number of thioether (sulfide) groups is 1. The van der Waals surface area contributed by atoms with E-state index < -0.39 is 0 Å². The SMILES string of the molecule is Cc1cccc(CCN=C2NC3(CCOCC3)CS2)c1. The van der Waals surface area contributed by atoms with Crippen LogP contribution in [0.3, 0.4) is 0 Å².